The van der Waals surface area contributed by atoms with E-state index in [0.29, 0.717) is 18.2 Å². The first kappa shape index (κ1) is 17.8. The Morgan fingerprint density at radius 2 is 1.79 bits per heavy atom. The highest BCUT2D eigenvalue weighted by molar-refractivity contribution is 5.92. The van der Waals surface area contributed by atoms with Crippen LogP contribution in [0.25, 0.3) is 0 Å². The Bertz CT molecular complexity index is 654. The quantitative estimate of drug-likeness (QED) is 0.808. The summed E-state index contributed by atoms with van der Waals surface area (Å²) in [5.74, 6) is 0.0153. The molecule has 128 valence electrons. The van der Waals surface area contributed by atoms with Crippen LogP contribution in [-0.4, -0.2) is 29.0 Å². The van der Waals surface area contributed by atoms with Gasteiger partial charge in [0.2, 0.25) is 5.95 Å². The summed E-state index contributed by atoms with van der Waals surface area (Å²) in [6.07, 6.45) is 3.59. The first-order valence-corrected chi connectivity index (χ1v) is 8.24. The van der Waals surface area contributed by atoms with E-state index in [4.69, 9.17) is 0 Å². The van der Waals surface area contributed by atoms with Crippen molar-refractivity contribution >= 4 is 11.9 Å². The average Bonchev–Trinajstić information content (AvgIpc) is 2.61. The van der Waals surface area contributed by atoms with Gasteiger partial charge in [-0.05, 0) is 36.6 Å². The van der Waals surface area contributed by atoms with Crippen molar-refractivity contribution in [1.29, 1.82) is 0 Å². The van der Waals surface area contributed by atoms with Crippen LogP contribution in [0.1, 0.15) is 42.7 Å². The van der Waals surface area contributed by atoms with Gasteiger partial charge in [0.15, 0.2) is 0 Å². The van der Waals surface area contributed by atoms with Gasteiger partial charge in [0.1, 0.15) is 11.5 Å². The van der Waals surface area contributed by atoms with Crippen molar-refractivity contribution in [2.24, 2.45) is 0 Å². The fourth-order valence-electron chi connectivity index (χ4n) is 2.35. The molecule has 1 aromatic carbocycles. The summed E-state index contributed by atoms with van der Waals surface area (Å²) < 4.78 is 12.9. The Morgan fingerprint density at radius 1 is 1.12 bits per heavy atom. The minimum Gasteiger partial charge on any atom is -0.347 e. The molecule has 1 aromatic heterocycles. The van der Waals surface area contributed by atoms with E-state index in [1.807, 2.05) is 0 Å². The van der Waals surface area contributed by atoms with Gasteiger partial charge in [-0.3, -0.25) is 4.79 Å². The molecular weight excluding hydrogens is 307 g/mol. The Morgan fingerprint density at radius 3 is 2.42 bits per heavy atom. The van der Waals surface area contributed by atoms with Crippen LogP contribution in [0, 0.1) is 5.82 Å². The van der Waals surface area contributed by atoms with Gasteiger partial charge in [0.25, 0.3) is 5.91 Å². The predicted octanol–water partition coefficient (Wildman–Crippen LogP) is 3.17. The highest BCUT2D eigenvalue weighted by atomic mass is 19.1. The molecule has 24 heavy (non-hydrogen) atoms. The number of amides is 1. The summed E-state index contributed by atoms with van der Waals surface area (Å²) in [5.41, 5.74) is 1.16. The van der Waals surface area contributed by atoms with Gasteiger partial charge in [-0.2, -0.15) is 0 Å². The summed E-state index contributed by atoms with van der Waals surface area (Å²) in [6, 6.07) is 7.63. The lowest BCUT2D eigenvalue weighted by atomic mass is 10.2. The van der Waals surface area contributed by atoms with Crippen molar-refractivity contribution in [3.05, 3.63) is 53.6 Å². The van der Waals surface area contributed by atoms with Crippen molar-refractivity contribution in [1.82, 2.24) is 15.3 Å². The minimum absolute atomic E-state index is 0.268. The van der Waals surface area contributed by atoms with Gasteiger partial charge < -0.3 is 10.2 Å². The second kappa shape index (κ2) is 8.96. The van der Waals surface area contributed by atoms with E-state index in [1.54, 1.807) is 24.4 Å². The van der Waals surface area contributed by atoms with E-state index < -0.39 is 0 Å². The van der Waals surface area contributed by atoms with Crippen molar-refractivity contribution in [2.45, 2.75) is 33.2 Å². The van der Waals surface area contributed by atoms with E-state index in [-0.39, 0.29) is 11.7 Å². The predicted molar refractivity (Wildman–Crippen MR) is 92.4 cm³/mol. The van der Waals surface area contributed by atoms with Crippen LogP contribution in [0.15, 0.2) is 36.5 Å². The number of hydrogen-bond donors (Lipinski definition) is 1. The molecule has 1 amide bonds. The zero-order chi connectivity index (χ0) is 17.4. The Hall–Kier alpha value is -2.50. The van der Waals surface area contributed by atoms with Gasteiger partial charge in [-0.1, -0.05) is 26.0 Å². The molecule has 1 heterocycles. The topological polar surface area (TPSA) is 58.1 Å². The molecule has 0 aliphatic heterocycles. The van der Waals surface area contributed by atoms with Crippen LogP contribution in [0.3, 0.4) is 0 Å². The van der Waals surface area contributed by atoms with Gasteiger partial charge in [-0.15, -0.1) is 0 Å². The second-order valence-electron chi connectivity index (χ2n) is 5.54. The van der Waals surface area contributed by atoms with E-state index in [0.717, 1.165) is 31.5 Å². The molecule has 0 radical (unpaired) electrons. The van der Waals surface area contributed by atoms with Gasteiger partial charge in [-0.25, -0.2) is 14.4 Å². The number of nitrogens with zero attached hydrogens (tertiary/aromatic N) is 3. The lowest BCUT2D eigenvalue weighted by Crippen LogP contribution is -2.29. The number of halogens is 1. The summed E-state index contributed by atoms with van der Waals surface area (Å²) in [4.78, 5) is 23.0. The Labute approximate surface area is 141 Å². The lowest BCUT2D eigenvalue weighted by Gasteiger charge is -2.21. The number of aromatic nitrogens is 2. The van der Waals surface area contributed by atoms with Crippen LogP contribution in [0.4, 0.5) is 10.3 Å². The number of anilines is 1. The molecule has 0 aliphatic carbocycles. The Kier molecular flexibility index (Phi) is 6.66. The summed E-state index contributed by atoms with van der Waals surface area (Å²) >= 11 is 0. The first-order chi connectivity index (χ1) is 11.6. The third-order valence-electron chi connectivity index (χ3n) is 3.51. The molecule has 6 heteroatoms. The van der Waals surface area contributed by atoms with Crippen LogP contribution in [-0.2, 0) is 6.54 Å². The molecule has 0 bridgehead atoms. The largest absolute Gasteiger partial charge is 0.347 e. The summed E-state index contributed by atoms with van der Waals surface area (Å²) in [5, 5.41) is 2.79. The number of benzene rings is 1. The van der Waals surface area contributed by atoms with Crippen molar-refractivity contribution in [3.63, 3.8) is 0 Å². The SMILES string of the molecule is CCCN(CCC)c1nccc(C(=O)NCc2ccc(F)cc2)n1. The molecular formula is C18H23FN4O. The second-order valence-corrected chi connectivity index (χ2v) is 5.54. The van der Waals surface area contributed by atoms with E-state index in [9.17, 15) is 9.18 Å². The van der Waals surface area contributed by atoms with Gasteiger partial charge in [0, 0.05) is 25.8 Å². The van der Waals surface area contributed by atoms with Crippen LogP contribution in [0.2, 0.25) is 0 Å². The van der Waals surface area contributed by atoms with E-state index in [2.05, 4.69) is 34.0 Å². The fourth-order valence-corrected chi connectivity index (χ4v) is 2.35. The molecule has 0 atom stereocenters. The number of rotatable bonds is 8. The average molecular weight is 330 g/mol. The number of nitrogens with one attached hydrogen (secondary N) is 1. The van der Waals surface area contributed by atoms with Gasteiger partial charge in [0.05, 0.1) is 0 Å². The van der Waals surface area contributed by atoms with E-state index in [1.165, 1.54) is 12.1 Å². The maximum absolute atomic E-state index is 12.9. The number of carbonyl (C=O) groups excluding carboxylic acids is 1. The Balaban J connectivity index is 2.03. The summed E-state index contributed by atoms with van der Waals surface area (Å²) in [7, 11) is 0. The molecule has 1 N–H and O–H groups in total. The van der Waals surface area contributed by atoms with Crippen molar-refractivity contribution < 1.29 is 9.18 Å². The standard InChI is InChI=1S/C18H23FN4O/c1-3-11-23(12-4-2)18-20-10-9-16(22-18)17(24)21-13-14-5-7-15(19)8-6-14/h5-10H,3-4,11-13H2,1-2H3,(H,21,24). The molecule has 0 aliphatic rings. The lowest BCUT2D eigenvalue weighted by molar-refractivity contribution is 0.0946. The number of hydrogen-bond acceptors (Lipinski definition) is 4. The van der Waals surface area contributed by atoms with Crippen LogP contribution < -0.4 is 10.2 Å². The molecule has 0 spiro atoms. The monoisotopic (exact) mass is 330 g/mol. The first-order valence-electron chi connectivity index (χ1n) is 8.24. The van der Waals surface area contributed by atoms with Crippen molar-refractivity contribution in [3.8, 4) is 0 Å². The zero-order valence-corrected chi connectivity index (χ0v) is 14.1. The van der Waals surface area contributed by atoms with Gasteiger partial charge >= 0.3 is 0 Å². The molecule has 0 saturated heterocycles. The summed E-state index contributed by atoms with van der Waals surface area (Å²) in [6.45, 7) is 6.24. The molecule has 0 unspecified atom stereocenters. The van der Waals surface area contributed by atoms with E-state index >= 15 is 0 Å². The highest BCUT2D eigenvalue weighted by Gasteiger charge is 2.12. The maximum atomic E-state index is 12.9. The smallest absolute Gasteiger partial charge is 0.270 e. The normalized spacial score (nSPS) is 10.5. The molecule has 2 aromatic rings. The number of carbonyl (C=O) groups is 1. The van der Waals surface area contributed by atoms with Crippen LogP contribution in [0.5, 0.6) is 0 Å². The minimum atomic E-state index is -0.294. The highest BCUT2D eigenvalue weighted by Crippen LogP contribution is 2.09. The van der Waals surface area contributed by atoms with Crippen molar-refractivity contribution in [2.75, 3.05) is 18.0 Å². The molecule has 0 fully saturated rings. The fraction of sp³-hybridized carbons (Fsp3) is 0.389. The zero-order valence-electron chi connectivity index (χ0n) is 14.1. The molecule has 2 rings (SSSR count). The third kappa shape index (κ3) is 5.01. The third-order valence-corrected chi connectivity index (χ3v) is 3.51. The molecule has 5 nitrogen and oxygen atoms in total. The molecule has 0 saturated carbocycles. The van der Waals surface area contributed by atoms with Crippen LogP contribution >= 0.6 is 0 Å². The maximum Gasteiger partial charge on any atom is 0.270 e.